The van der Waals surface area contributed by atoms with Crippen LogP contribution in [0.1, 0.15) is 39.4 Å². The first-order valence-corrected chi connectivity index (χ1v) is 11.3. The van der Waals surface area contributed by atoms with Crippen LogP contribution in [-0.4, -0.2) is 77.4 Å². The van der Waals surface area contributed by atoms with Crippen LogP contribution in [0.3, 0.4) is 0 Å². The molecule has 8 nitrogen and oxygen atoms in total. The predicted molar refractivity (Wildman–Crippen MR) is 121 cm³/mol. The van der Waals surface area contributed by atoms with Gasteiger partial charge in [-0.3, -0.25) is 14.3 Å². The minimum atomic E-state index is 0.465. The first-order chi connectivity index (χ1) is 14.7. The number of ether oxygens (including phenoxy) is 1. The summed E-state index contributed by atoms with van der Waals surface area (Å²) in [6.45, 7) is 12.8. The van der Waals surface area contributed by atoms with E-state index in [1.54, 1.807) is 0 Å². The van der Waals surface area contributed by atoms with Crippen molar-refractivity contribution in [2.24, 2.45) is 10.9 Å². The maximum Gasteiger partial charge on any atom is 0.191 e. The number of pyridine rings is 1. The van der Waals surface area contributed by atoms with Crippen molar-refractivity contribution in [2.45, 2.75) is 46.1 Å². The normalized spacial score (nSPS) is 16.9. The molecule has 1 unspecified atom stereocenters. The summed E-state index contributed by atoms with van der Waals surface area (Å²) < 4.78 is 7.58. The maximum absolute atomic E-state index is 5.53. The van der Waals surface area contributed by atoms with E-state index in [0.29, 0.717) is 12.0 Å². The molecule has 166 valence electrons. The number of hydrogen-bond donors (Lipinski definition) is 2. The highest BCUT2D eigenvalue weighted by molar-refractivity contribution is 5.79. The Bertz CT molecular complexity index is 783. The number of aryl methyl sites for hydroxylation is 1. The highest BCUT2D eigenvalue weighted by Gasteiger charge is 2.21. The standard InChI is InChI=1S/C22H37N7O/c1-4-23-22(25-17-19(16-18(2)3)28-12-14-30-15-13-28)24-10-7-9-21-27-26-20-8-5-6-11-29(20)21/h5-6,8,11,18-19H,4,7,9-10,12-17H2,1-3H3,(H2,23,24,25). The number of fused-ring (bicyclic) bond motifs is 1. The van der Waals surface area contributed by atoms with Gasteiger partial charge in [0.25, 0.3) is 0 Å². The van der Waals surface area contributed by atoms with Gasteiger partial charge in [-0.05, 0) is 37.8 Å². The summed E-state index contributed by atoms with van der Waals surface area (Å²) in [6.07, 6.45) is 5.02. The van der Waals surface area contributed by atoms with Crippen LogP contribution in [0.15, 0.2) is 29.4 Å². The zero-order valence-electron chi connectivity index (χ0n) is 18.7. The fourth-order valence-corrected chi connectivity index (χ4v) is 3.88. The van der Waals surface area contributed by atoms with Gasteiger partial charge in [-0.1, -0.05) is 19.9 Å². The van der Waals surface area contributed by atoms with Crippen LogP contribution in [0.25, 0.3) is 5.65 Å². The Morgan fingerprint density at radius 1 is 1.20 bits per heavy atom. The number of morpholine rings is 1. The highest BCUT2D eigenvalue weighted by atomic mass is 16.5. The number of rotatable bonds is 10. The Kier molecular flexibility index (Phi) is 8.89. The molecule has 0 aromatic carbocycles. The molecule has 0 radical (unpaired) electrons. The number of nitrogens with one attached hydrogen (secondary N) is 2. The van der Waals surface area contributed by atoms with Gasteiger partial charge in [0.05, 0.1) is 19.8 Å². The number of hydrogen-bond acceptors (Lipinski definition) is 5. The number of aliphatic imine (C=N–C) groups is 1. The molecule has 3 heterocycles. The van der Waals surface area contributed by atoms with Crippen molar-refractivity contribution in [1.29, 1.82) is 0 Å². The maximum atomic E-state index is 5.53. The van der Waals surface area contributed by atoms with Crippen LogP contribution in [-0.2, 0) is 11.2 Å². The summed E-state index contributed by atoms with van der Waals surface area (Å²) in [6, 6.07) is 6.44. The zero-order chi connectivity index (χ0) is 21.2. The molecule has 8 heteroatoms. The lowest BCUT2D eigenvalue weighted by Gasteiger charge is -2.34. The second-order valence-electron chi connectivity index (χ2n) is 8.23. The minimum Gasteiger partial charge on any atom is -0.379 e. The van der Waals surface area contributed by atoms with Gasteiger partial charge in [0.2, 0.25) is 0 Å². The van der Waals surface area contributed by atoms with Crippen molar-refractivity contribution in [3.05, 3.63) is 30.2 Å². The van der Waals surface area contributed by atoms with Gasteiger partial charge in [0.15, 0.2) is 11.6 Å². The third-order valence-corrected chi connectivity index (χ3v) is 5.36. The van der Waals surface area contributed by atoms with E-state index in [1.165, 1.54) is 0 Å². The SMILES string of the molecule is CCNC(=NCC(CC(C)C)N1CCOCC1)NCCCc1nnc2ccccn12. The summed E-state index contributed by atoms with van der Waals surface area (Å²) in [5.41, 5.74) is 0.898. The highest BCUT2D eigenvalue weighted by Crippen LogP contribution is 2.14. The summed E-state index contributed by atoms with van der Waals surface area (Å²) in [4.78, 5) is 7.44. The van der Waals surface area contributed by atoms with E-state index in [0.717, 1.165) is 82.6 Å². The quantitative estimate of drug-likeness (QED) is 0.351. The van der Waals surface area contributed by atoms with Gasteiger partial charge in [-0.2, -0.15) is 0 Å². The molecule has 1 atom stereocenters. The first kappa shape index (κ1) is 22.5. The van der Waals surface area contributed by atoms with Gasteiger partial charge in [-0.15, -0.1) is 10.2 Å². The van der Waals surface area contributed by atoms with Crippen molar-refractivity contribution < 1.29 is 4.74 Å². The molecule has 1 aliphatic rings. The van der Waals surface area contributed by atoms with E-state index in [4.69, 9.17) is 9.73 Å². The lowest BCUT2D eigenvalue weighted by atomic mass is 10.0. The van der Waals surface area contributed by atoms with Crippen molar-refractivity contribution in [3.63, 3.8) is 0 Å². The van der Waals surface area contributed by atoms with Gasteiger partial charge in [0, 0.05) is 44.8 Å². The second-order valence-corrected chi connectivity index (χ2v) is 8.23. The Morgan fingerprint density at radius 3 is 2.80 bits per heavy atom. The summed E-state index contributed by atoms with van der Waals surface area (Å²) in [5, 5.41) is 15.4. The predicted octanol–water partition coefficient (Wildman–Crippen LogP) is 1.96. The molecule has 1 aliphatic heterocycles. The fraction of sp³-hybridized carbons (Fsp3) is 0.682. The molecule has 1 saturated heterocycles. The van der Waals surface area contributed by atoms with Crippen LogP contribution in [0.5, 0.6) is 0 Å². The van der Waals surface area contributed by atoms with E-state index in [2.05, 4.69) is 50.9 Å². The molecule has 30 heavy (non-hydrogen) atoms. The first-order valence-electron chi connectivity index (χ1n) is 11.3. The van der Waals surface area contributed by atoms with E-state index in [9.17, 15) is 0 Å². The summed E-state index contributed by atoms with van der Waals surface area (Å²) >= 11 is 0. The smallest absolute Gasteiger partial charge is 0.191 e. The van der Waals surface area contributed by atoms with Crippen molar-refractivity contribution in [1.82, 2.24) is 30.1 Å². The van der Waals surface area contributed by atoms with E-state index < -0.39 is 0 Å². The second kappa shape index (κ2) is 11.9. The van der Waals surface area contributed by atoms with Crippen molar-refractivity contribution >= 4 is 11.6 Å². The van der Waals surface area contributed by atoms with Crippen LogP contribution < -0.4 is 10.6 Å². The van der Waals surface area contributed by atoms with Gasteiger partial charge < -0.3 is 15.4 Å². The van der Waals surface area contributed by atoms with Gasteiger partial charge >= 0.3 is 0 Å². The largest absolute Gasteiger partial charge is 0.379 e. The van der Waals surface area contributed by atoms with E-state index in [-0.39, 0.29) is 0 Å². The third-order valence-electron chi connectivity index (χ3n) is 5.36. The fourth-order valence-electron chi connectivity index (χ4n) is 3.88. The lowest BCUT2D eigenvalue weighted by Crippen LogP contribution is -2.46. The molecule has 0 saturated carbocycles. The monoisotopic (exact) mass is 415 g/mol. The summed E-state index contributed by atoms with van der Waals surface area (Å²) in [7, 11) is 0. The van der Waals surface area contributed by atoms with Crippen molar-refractivity contribution in [3.8, 4) is 0 Å². The molecule has 2 N–H and O–H groups in total. The van der Waals surface area contributed by atoms with Gasteiger partial charge in [0.1, 0.15) is 5.82 Å². The summed E-state index contributed by atoms with van der Waals surface area (Å²) in [5.74, 6) is 2.55. The molecule has 0 aliphatic carbocycles. The van der Waals surface area contributed by atoms with Crippen molar-refractivity contribution in [2.75, 3.05) is 45.9 Å². The number of nitrogens with zero attached hydrogens (tertiary/aromatic N) is 5. The molecule has 0 spiro atoms. The minimum absolute atomic E-state index is 0.465. The number of aromatic nitrogens is 3. The Hall–Kier alpha value is -2.19. The average molecular weight is 416 g/mol. The van der Waals surface area contributed by atoms with E-state index in [1.807, 2.05) is 24.4 Å². The van der Waals surface area contributed by atoms with Gasteiger partial charge in [-0.25, -0.2) is 0 Å². The molecular weight excluding hydrogens is 378 g/mol. The Balaban J connectivity index is 1.51. The molecule has 1 fully saturated rings. The van der Waals surface area contributed by atoms with Crippen LogP contribution >= 0.6 is 0 Å². The molecule has 0 amide bonds. The van der Waals surface area contributed by atoms with E-state index >= 15 is 0 Å². The Labute approximate surface area is 180 Å². The lowest BCUT2D eigenvalue weighted by molar-refractivity contribution is 0.0143. The molecule has 2 aromatic rings. The third kappa shape index (κ3) is 6.67. The number of guanidine groups is 1. The van der Waals surface area contributed by atoms with Crippen LogP contribution in [0.4, 0.5) is 0 Å². The molecular formula is C22H37N7O. The molecule has 3 rings (SSSR count). The molecule has 2 aromatic heterocycles. The average Bonchev–Trinajstić information content (AvgIpc) is 3.17. The van der Waals surface area contributed by atoms with Crippen LogP contribution in [0.2, 0.25) is 0 Å². The zero-order valence-corrected chi connectivity index (χ0v) is 18.7. The van der Waals surface area contributed by atoms with Crippen LogP contribution in [0, 0.1) is 5.92 Å². The molecule has 0 bridgehead atoms. The topological polar surface area (TPSA) is 79.1 Å². The Morgan fingerprint density at radius 2 is 2.03 bits per heavy atom.